The predicted octanol–water partition coefficient (Wildman–Crippen LogP) is 4.26. The Morgan fingerprint density at radius 1 is 1.32 bits per heavy atom. The number of benzene rings is 1. The molecule has 0 spiro atoms. The smallest absolute Gasteiger partial charge is 0.171 e. The molecular formula is C16H18ClN3S2. The Bertz CT molecular complexity index is 634. The Hall–Kier alpha value is -1.30. The van der Waals surface area contributed by atoms with Crippen LogP contribution < -0.4 is 10.6 Å². The van der Waals surface area contributed by atoms with E-state index in [1.165, 1.54) is 5.56 Å². The molecule has 0 bridgehead atoms. The maximum Gasteiger partial charge on any atom is 0.171 e. The van der Waals surface area contributed by atoms with Crippen LogP contribution in [0.3, 0.4) is 0 Å². The van der Waals surface area contributed by atoms with Gasteiger partial charge in [-0.05, 0) is 48.5 Å². The van der Waals surface area contributed by atoms with Crippen LogP contribution >= 0.6 is 35.6 Å². The van der Waals surface area contributed by atoms with Crippen LogP contribution in [0.1, 0.15) is 11.1 Å². The maximum absolute atomic E-state index is 6.12. The van der Waals surface area contributed by atoms with E-state index in [0.29, 0.717) is 5.11 Å². The molecule has 0 atom stereocenters. The number of pyridine rings is 1. The number of aryl methyl sites for hydroxylation is 1. The summed E-state index contributed by atoms with van der Waals surface area (Å²) in [5.41, 5.74) is 2.31. The van der Waals surface area contributed by atoms with Crippen molar-refractivity contribution in [2.24, 2.45) is 0 Å². The van der Waals surface area contributed by atoms with Crippen molar-refractivity contribution in [1.82, 2.24) is 10.3 Å². The molecule has 0 saturated carbocycles. The molecule has 2 rings (SSSR count). The van der Waals surface area contributed by atoms with Crippen molar-refractivity contribution in [1.29, 1.82) is 0 Å². The van der Waals surface area contributed by atoms with Gasteiger partial charge in [0.15, 0.2) is 5.11 Å². The zero-order valence-electron chi connectivity index (χ0n) is 12.3. The average Bonchev–Trinajstić information content (AvgIpc) is 2.48. The lowest BCUT2D eigenvalue weighted by molar-refractivity contribution is 0.988. The molecule has 0 aliphatic carbocycles. The summed E-state index contributed by atoms with van der Waals surface area (Å²) in [5.74, 6) is 2.62. The van der Waals surface area contributed by atoms with Gasteiger partial charge in [0.2, 0.25) is 0 Å². The van der Waals surface area contributed by atoms with Crippen LogP contribution in [0.5, 0.6) is 0 Å². The van der Waals surface area contributed by atoms with Crippen LogP contribution in [0.4, 0.5) is 5.82 Å². The molecule has 116 valence electrons. The maximum atomic E-state index is 6.12. The number of aromatic nitrogens is 1. The Morgan fingerprint density at radius 2 is 2.14 bits per heavy atom. The highest BCUT2D eigenvalue weighted by molar-refractivity contribution is 7.98. The molecule has 0 aliphatic rings. The van der Waals surface area contributed by atoms with Gasteiger partial charge in [0.1, 0.15) is 5.82 Å². The fourth-order valence-corrected chi connectivity index (χ4v) is 3.15. The SMILES string of the molecule is Cc1ccnc(NC(=S)NCCSCc2ccccc2Cl)c1. The summed E-state index contributed by atoms with van der Waals surface area (Å²) in [7, 11) is 0. The van der Waals surface area contributed by atoms with Crippen LogP contribution in [-0.4, -0.2) is 22.4 Å². The molecule has 2 aromatic rings. The minimum Gasteiger partial charge on any atom is -0.362 e. The average molecular weight is 352 g/mol. The second-order valence-electron chi connectivity index (χ2n) is 4.74. The summed E-state index contributed by atoms with van der Waals surface area (Å²) in [6, 6.07) is 11.8. The van der Waals surface area contributed by atoms with Gasteiger partial charge < -0.3 is 10.6 Å². The van der Waals surface area contributed by atoms with Gasteiger partial charge in [0.25, 0.3) is 0 Å². The number of rotatable bonds is 6. The van der Waals surface area contributed by atoms with E-state index >= 15 is 0 Å². The van der Waals surface area contributed by atoms with Crippen LogP contribution in [0.15, 0.2) is 42.6 Å². The number of thioether (sulfide) groups is 1. The largest absolute Gasteiger partial charge is 0.362 e. The molecule has 1 heterocycles. The van der Waals surface area contributed by atoms with E-state index in [2.05, 4.69) is 21.7 Å². The van der Waals surface area contributed by atoms with Gasteiger partial charge in [-0.1, -0.05) is 29.8 Å². The lowest BCUT2D eigenvalue weighted by Crippen LogP contribution is -2.30. The van der Waals surface area contributed by atoms with Gasteiger partial charge in [-0.25, -0.2) is 4.98 Å². The van der Waals surface area contributed by atoms with Crippen LogP contribution in [0.2, 0.25) is 5.02 Å². The molecule has 1 aromatic carbocycles. The van der Waals surface area contributed by atoms with E-state index in [9.17, 15) is 0 Å². The molecule has 0 radical (unpaired) electrons. The highest BCUT2D eigenvalue weighted by atomic mass is 35.5. The quantitative estimate of drug-likeness (QED) is 0.600. The molecule has 0 unspecified atom stereocenters. The predicted molar refractivity (Wildman–Crippen MR) is 101 cm³/mol. The first-order valence-corrected chi connectivity index (χ1v) is 8.88. The summed E-state index contributed by atoms with van der Waals surface area (Å²) < 4.78 is 0. The molecule has 0 fully saturated rings. The van der Waals surface area contributed by atoms with Gasteiger partial charge in [-0.3, -0.25) is 0 Å². The zero-order valence-corrected chi connectivity index (χ0v) is 14.7. The van der Waals surface area contributed by atoms with Crippen molar-refractivity contribution in [3.05, 3.63) is 58.7 Å². The van der Waals surface area contributed by atoms with Crippen molar-refractivity contribution in [3.63, 3.8) is 0 Å². The standard InChI is InChI=1S/C16H18ClN3S2/c1-12-6-7-18-15(10-12)20-16(21)19-8-9-22-11-13-4-2-3-5-14(13)17/h2-7,10H,8-9,11H2,1H3,(H2,18,19,20,21). The molecule has 0 aliphatic heterocycles. The lowest BCUT2D eigenvalue weighted by atomic mass is 10.2. The number of hydrogen-bond acceptors (Lipinski definition) is 3. The topological polar surface area (TPSA) is 37.0 Å². The van der Waals surface area contributed by atoms with Crippen molar-refractivity contribution in [2.45, 2.75) is 12.7 Å². The highest BCUT2D eigenvalue weighted by Crippen LogP contribution is 2.20. The zero-order chi connectivity index (χ0) is 15.8. The molecule has 6 heteroatoms. The first kappa shape index (κ1) is 17.1. The van der Waals surface area contributed by atoms with Crippen molar-refractivity contribution in [2.75, 3.05) is 17.6 Å². The third kappa shape index (κ3) is 5.83. The molecule has 1 aromatic heterocycles. The fraction of sp³-hybridized carbons (Fsp3) is 0.250. The second kappa shape index (κ2) is 8.98. The third-order valence-corrected chi connectivity index (χ3v) is 4.53. The first-order chi connectivity index (χ1) is 10.6. The van der Waals surface area contributed by atoms with Crippen molar-refractivity contribution in [3.8, 4) is 0 Å². The first-order valence-electron chi connectivity index (χ1n) is 6.94. The third-order valence-electron chi connectivity index (χ3n) is 2.90. The molecule has 22 heavy (non-hydrogen) atoms. The van der Waals surface area contributed by atoms with Crippen molar-refractivity contribution >= 4 is 46.5 Å². The summed E-state index contributed by atoms with van der Waals surface area (Å²) in [6.45, 7) is 2.82. The fourth-order valence-electron chi connectivity index (χ4n) is 1.80. The monoisotopic (exact) mass is 351 g/mol. The van der Waals surface area contributed by atoms with E-state index in [1.807, 2.05) is 49.0 Å². The van der Waals surface area contributed by atoms with Crippen LogP contribution in [0.25, 0.3) is 0 Å². The summed E-state index contributed by atoms with van der Waals surface area (Å²) in [6.07, 6.45) is 1.76. The normalized spacial score (nSPS) is 10.3. The number of hydrogen-bond donors (Lipinski definition) is 2. The second-order valence-corrected chi connectivity index (χ2v) is 6.66. The van der Waals surface area contributed by atoms with Crippen LogP contribution in [0, 0.1) is 6.92 Å². The van der Waals surface area contributed by atoms with Gasteiger partial charge in [0, 0.05) is 29.3 Å². The van der Waals surface area contributed by atoms with E-state index in [-0.39, 0.29) is 0 Å². The molecule has 0 saturated heterocycles. The van der Waals surface area contributed by atoms with E-state index < -0.39 is 0 Å². The minimum atomic E-state index is 0.594. The van der Waals surface area contributed by atoms with Gasteiger partial charge >= 0.3 is 0 Å². The number of nitrogens with zero attached hydrogens (tertiary/aromatic N) is 1. The lowest BCUT2D eigenvalue weighted by Gasteiger charge is -2.10. The number of halogens is 1. The van der Waals surface area contributed by atoms with E-state index in [4.69, 9.17) is 23.8 Å². The summed E-state index contributed by atoms with van der Waals surface area (Å²) in [5, 5.41) is 7.68. The number of thiocarbonyl (C=S) groups is 1. The number of nitrogens with one attached hydrogen (secondary N) is 2. The Kier molecular flexibility index (Phi) is 6.96. The van der Waals surface area contributed by atoms with E-state index in [1.54, 1.807) is 6.20 Å². The van der Waals surface area contributed by atoms with Gasteiger partial charge in [-0.15, -0.1) is 0 Å². The molecule has 2 N–H and O–H groups in total. The Balaban J connectivity index is 1.64. The summed E-state index contributed by atoms with van der Waals surface area (Å²) >= 11 is 13.2. The Labute approximate surface area is 145 Å². The number of anilines is 1. The molecule has 0 amide bonds. The highest BCUT2D eigenvalue weighted by Gasteiger charge is 2.01. The van der Waals surface area contributed by atoms with Gasteiger partial charge in [-0.2, -0.15) is 11.8 Å². The van der Waals surface area contributed by atoms with Crippen molar-refractivity contribution < 1.29 is 0 Å². The van der Waals surface area contributed by atoms with Crippen LogP contribution in [-0.2, 0) is 5.75 Å². The van der Waals surface area contributed by atoms with Gasteiger partial charge in [0.05, 0.1) is 0 Å². The molecular weight excluding hydrogens is 334 g/mol. The van der Waals surface area contributed by atoms with E-state index in [0.717, 1.165) is 34.5 Å². The Morgan fingerprint density at radius 3 is 2.91 bits per heavy atom. The molecule has 3 nitrogen and oxygen atoms in total. The minimum absolute atomic E-state index is 0.594. The summed E-state index contributed by atoms with van der Waals surface area (Å²) in [4.78, 5) is 4.21.